The van der Waals surface area contributed by atoms with E-state index in [4.69, 9.17) is 15.2 Å². The highest BCUT2D eigenvalue weighted by Gasteiger charge is 2.25. The second kappa shape index (κ2) is 7.03. The predicted octanol–water partition coefficient (Wildman–Crippen LogP) is 2.39. The van der Waals surface area contributed by atoms with E-state index in [1.54, 1.807) is 6.07 Å². The Labute approximate surface area is 141 Å². The molecule has 0 saturated carbocycles. The molecule has 2 unspecified atom stereocenters. The van der Waals surface area contributed by atoms with Gasteiger partial charge in [0.05, 0.1) is 18.7 Å². The zero-order valence-corrected chi connectivity index (χ0v) is 13.9. The van der Waals surface area contributed by atoms with Crippen molar-refractivity contribution in [1.82, 2.24) is 5.32 Å². The molecule has 3 rings (SSSR count). The minimum Gasteiger partial charge on any atom is -0.489 e. The van der Waals surface area contributed by atoms with E-state index in [1.165, 1.54) is 7.11 Å². The normalized spacial score (nSPS) is 17.0. The lowest BCUT2D eigenvalue weighted by molar-refractivity contribution is 0.0600. The fourth-order valence-electron chi connectivity index (χ4n) is 2.94. The number of nitrogens with two attached hydrogens (primary N) is 1. The molecule has 3 N–H and O–H groups in total. The average molecular weight is 326 g/mol. The van der Waals surface area contributed by atoms with Crippen molar-refractivity contribution in [2.75, 3.05) is 13.7 Å². The number of methoxy groups -OCH3 is 1. The standard InChI is InChI=1S/C19H22N2O3/c1-12(20)10-21-18-15-6-4-3-5-14(15)11-24-17-8-7-13(9-16(17)18)19(22)23-2/h3-9,12,18,21H,10-11,20H2,1-2H3. The van der Waals surface area contributed by atoms with Crippen LogP contribution < -0.4 is 15.8 Å². The van der Waals surface area contributed by atoms with Crippen LogP contribution in [0.2, 0.25) is 0 Å². The van der Waals surface area contributed by atoms with Gasteiger partial charge < -0.3 is 20.5 Å². The maximum atomic E-state index is 11.9. The second-order valence-electron chi connectivity index (χ2n) is 6.05. The van der Waals surface area contributed by atoms with Crippen LogP contribution in [0.25, 0.3) is 0 Å². The molecule has 1 heterocycles. The van der Waals surface area contributed by atoms with Gasteiger partial charge >= 0.3 is 5.97 Å². The third-order valence-corrected chi connectivity index (χ3v) is 4.14. The van der Waals surface area contributed by atoms with Gasteiger partial charge in [-0.15, -0.1) is 0 Å². The molecule has 5 heteroatoms. The van der Waals surface area contributed by atoms with Gasteiger partial charge in [0, 0.05) is 18.2 Å². The number of esters is 1. The van der Waals surface area contributed by atoms with Crippen LogP contribution in [0.3, 0.4) is 0 Å². The lowest BCUT2D eigenvalue weighted by atomic mass is 9.93. The first kappa shape index (κ1) is 16.5. The summed E-state index contributed by atoms with van der Waals surface area (Å²) in [5.41, 5.74) is 9.61. The lowest BCUT2D eigenvalue weighted by Crippen LogP contribution is -2.34. The van der Waals surface area contributed by atoms with Gasteiger partial charge in [0.25, 0.3) is 0 Å². The lowest BCUT2D eigenvalue weighted by Gasteiger charge is -2.22. The van der Waals surface area contributed by atoms with Gasteiger partial charge in [-0.3, -0.25) is 0 Å². The van der Waals surface area contributed by atoms with Crippen molar-refractivity contribution in [1.29, 1.82) is 0 Å². The van der Waals surface area contributed by atoms with E-state index < -0.39 is 0 Å². The molecule has 0 amide bonds. The van der Waals surface area contributed by atoms with E-state index in [-0.39, 0.29) is 18.1 Å². The molecule has 0 radical (unpaired) electrons. The molecule has 0 aliphatic carbocycles. The van der Waals surface area contributed by atoms with E-state index in [0.29, 0.717) is 18.7 Å². The summed E-state index contributed by atoms with van der Waals surface area (Å²) in [6.45, 7) is 3.11. The Morgan fingerprint density at radius 1 is 1.33 bits per heavy atom. The van der Waals surface area contributed by atoms with Gasteiger partial charge in [0.15, 0.2) is 0 Å². The highest BCUT2D eigenvalue weighted by molar-refractivity contribution is 5.89. The Balaban J connectivity index is 2.08. The first-order valence-electron chi connectivity index (χ1n) is 8.02. The number of benzene rings is 2. The molecule has 126 valence electrons. The van der Waals surface area contributed by atoms with Gasteiger partial charge in [-0.25, -0.2) is 4.79 Å². The molecular weight excluding hydrogens is 304 g/mol. The Hall–Kier alpha value is -2.37. The van der Waals surface area contributed by atoms with E-state index in [9.17, 15) is 4.79 Å². The SMILES string of the molecule is COC(=O)c1ccc2c(c1)C(NCC(C)N)c1ccccc1CO2. The molecule has 0 fully saturated rings. The van der Waals surface area contributed by atoms with Crippen LogP contribution in [-0.4, -0.2) is 25.7 Å². The number of hydrogen-bond acceptors (Lipinski definition) is 5. The smallest absolute Gasteiger partial charge is 0.337 e. The van der Waals surface area contributed by atoms with Crippen LogP contribution in [0.1, 0.15) is 40.0 Å². The number of hydrogen-bond donors (Lipinski definition) is 2. The highest BCUT2D eigenvalue weighted by atomic mass is 16.5. The van der Waals surface area contributed by atoms with Crippen LogP contribution in [0, 0.1) is 0 Å². The number of rotatable bonds is 4. The predicted molar refractivity (Wildman–Crippen MR) is 92.1 cm³/mol. The number of ether oxygens (including phenoxy) is 2. The van der Waals surface area contributed by atoms with Crippen molar-refractivity contribution in [2.24, 2.45) is 5.73 Å². The van der Waals surface area contributed by atoms with Crippen molar-refractivity contribution in [3.63, 3.8) is 0 Å². The Morgan fingerprint density at radius 3 is 2.88 bits per heavy atom. The maximum absolute atomic E-state index is 11.9. The number of carbonyl (C=O) groups excluding carboxylic acids is 1. The van der Waals surface area contributed by atoms with Crippen molar-refractivity contribution in [3.8, 4) is 5.75 Å². The van der Waals surface area contributed by atoms with Crippen molar-refractivity contribution in [3.05, 3.63) is 64.7 Å². The zero-order chi connectivity index (χ0) is 17.1. The summed E-state index contributed by atoms with van der Waals surface area (Å²) in [7, 11) is 1.38. The molecule has 24 heavy (non-hydrogen) atoms. The summed E-state index contributed by atoms with van der Waals surface area (Å²) >= 11 is 0. The fourth-order valence-corrected chi connectivity index (χ4v) is 2.94. The van der Waals surface area contributed by atoms with E-state index >= 15 is 0 Å². The molecule has 1 aliphatic heterocycles. The van der Waals surface area contributed by atoms with E-state index in [1.807, 2.05) is 31.2 Å². The van der Waals surface area contributed by atoms with Crippen LogP contribution in [0.4, 0.5) is 0 Å². The van der Waals surface area contributed by atoms with Gasteiger partial charge in [-0.1, -0.05) is 24.3 Å². The molecule has 0 spiro atoms. The number of carbonyl (C=O) groups is 1. The molecule has 2 aromatic rings. The first-order valence-corrected chi connectivity index (χ1v) is 8.02. The maximum Gasteiger partial charge on any atom is 0.337 e. The first-order chi connectivity index (χ1) is 11.6. The van der Waals surface area contributed by atoms with E-state index in [2.05, 4.69) is 17.4 Å². The van der Waals surface area contributed by atoms with Gasteiger partial charge in [0.2, 0.25) is 0 Å². The third-order valence-electron chi connectivity index (χ3n) is 4.14. The van der Waals surface area contributed by atoms with Crippen molar-refractivity contribution >= 4 is 5.97 Å². The topological polar surface area (TPSA) is 73.6 Å². The summed E-state index contributed by atoms with van der Waals surface area (Å²) in [6, 6.07) is 13.5. The van der Waals surface area contributed by atoms with E-state index in [0.717, 1.165) is 22.4 Å². The second-order valence-corrected chi connectivity index (χ2v) is 6.05. The van der Waals surface area contributed by atoms with Crippen LogP contribution in [-0.2, 0) is 11.3 Å². The van der Waals surface area contributed by atoms with Crippen molar-refractivity contribution in [2.45, 2.75) is 25.6 Å². The summed E-state index contributed by atoms with van der Waals surface area (Å²) in [5.74, 6) is 0.405. The summed E-state index contributed by atoms with van der Waals surface area (Å²) < 4.78 is 10.8. The number of nitrogens with one attached hydrogen (secondary N) is 1. The molecule has 1 aliphatic rings. The summed E-state index contributed by atoms with van der Waals surface area (Å²) in [4.78, 5) is 11.9. The number of fused-ring (bicyclic) bond motifs is 2. The molecule has 0 saturated heterocycles. The average Bonchev–Trinajstić information content (AvgIpc) is 2.75. The minimum atomic E-state index is -0.360. The highest BCUT2D eigenvalue weighted by Crippen LogP contribution is 2.36. The van der Waals surface area contributed by atoms with Crippen molar-refractivity contribution < 1.29 is 14.3 Å². The molecule has 5 nitrogen and oxygen atoms in total. The summed E-state index contributed by atoms with van der Waals surface area (Å²) in [5, 5.41) is 3.50. The Kier molecular flexibility index (Phi) is 4.83. The van der Waals surface area contributed by atoms with Gasteiger partial charge in [0.1, 0.15) is 12.4 Å². The van der Waals surface area contributed by atoms with Crippen LogP contribution in [0.15, 0.2) is 42.5 Å². The van der Waals surface area contributed by atoms with Gasteiger partial charge in [-0.2, -0.15) is 0 Å². The Bertz CT molecular complexity index is 743. The molecule has 0 bridgehead atoms. The Morgan fingerprint density at radius 2 is 2.12 bits per heavy atom. The quantitative estimate of drug-likeness (QED) is 0.844. The van der Waals surface area contributed by atoms with Gasteiger partial charge in [-0.05, 0) is 36.2 Å². The third kappa shape index (κ3) is 3.27. The molecule has 0 aromatic heterocycles. The molecule has 2 atom stereocenters. The summed E-state index contributed by atoms with van der Waals surface area (Å²) in [6.07, 6.45) is 0. The molecular formula is C19H22N2O3. The van der Waals surface area contributed by atoms with Crippen LogP contribution in [0.5, 0.6) is 5.75 Å². The zero-order valence-electron chi connectivity index (χ0n) is 13.9. The minimum absolute atomic E-state index is 0.0218. The largest absolute Gasteiger partial charge is 0.489 e. The molecule has 2 aromatic carbocycles. The fraction of sp³-hybridized carbons (Fsp3) is 0.316. The monoisotopic (exact) mass is 326 g/mol. The van der Waals surface area contributed by atoms with Crippen LogP contribution >= 0.6 is 0 Å².